The number of pyridine rings is 1. The first-order valence-electron chi connectivity index (χ1n) is 9.89. The topological polar surface area (TPSA) is 77.4 Å². The van der Waals surface area contributed by atoms with Crippen LogP contribution < -0.4 is 15.6 Å². The van der Waals surface area contributed by atoms with Crippen molar-refractivity contribution in [2.24, 2.45) is 0 Å². The molecule has 4 aromatic rings. The molecule has 0 spiro atoms. The van der Waals surface area contributed by atoms with Gasteiger partial charge in [-0.15, -0.1) is 0 Å². The number of nitrogens with one attached hydrogen (secondary N) is 1. The van der Waals surface area contributed by atoms with Gasteiger partial charge in [0.05, 0.1) is 12.0 Å². The van der Waals surface area contributed by atoms with Crippen LogP contribution in [0.25, 0.3) is 16.8 Å². The molecule has 0 saturated carbocycles. The minimum atomic E-state index is -3.36. The Labute approximate surface area is 186 Å². The Hall–Kier alpha value is -3.84. The molecule has 6 nitrogen and oxygen atoms in total. The zero-order valence-corrected chi connectivity index (χ0v) is 18.5. The molecule has 1 heterocycles. The zero-order chi connectivity index (χ0) is 22.7. The number of ether oxygens (including phenoxy) is 1. The summed E-state index contributed by atoms with van der Waals surface area (Å²) in [6.45, 7) is 0. The lowest BCUT2D eigenvalue weighted by Crippen LogP contribution is -2.20. The highest BCUT2D eigenvalue weighted by Crippen LogP contribution is 2.28. The molecule has 1 aromatic heterocycles. The van der Waals surface area contributed by atoms with Crippen LogP contribution in [0.3, 0.4) is 0 Å². The normalized spacial score (nSPS) is 11.2. The van der Waals surface area contributed by atoms with Crippen molar-refractivity contribution in [2.45, 2.75) is 4.90 Å². The Bertz CT molecular complexity index is 1410. The molecule has 4 rings (SSSR count). The van der Waals surface area contributed by atoms with Gasteiger partial charge in [0.15, 0.2) is 9.84 Å². The molecule has 32 heavy (non-hydrogen) atoms. The molecule has 0 radical (unpaired) electrons. The van der Waals surface area contributed by atoms with Gasteiger partial charge in [-0.1, -0.05) is 30.3 Å². The predicted molar refractivity (Wildman–Crippen MR) is 127 cm³/mol. The number of hydrogen-bond donors (Lipinski definition) is 1. The highest BCUT2D eigenvalue weighted by molar-refractivity contribution is 7.90. The van der Waals surface area contributed by atoms with Gasteiger partial charge in [-0.25, -0.2) is 8.42 Å². The smallest absolute Gasteiger partial charge is 0.278 e. The maximum Gasteiger partial charge on any atom is 0.278 e. The van der Waals surface area contributed by atoms with Crippen molar-refractivity contribution in [3.05, 3.63) is 101 Å². The van der Waals surface area contributed by atoms with Crippen LogP contribution in [0, 0.1) is 0 Å². The van der Waals surface area contributed by atoms with E-state index in [4.69, 9.17) is 4.74 Å². The monoisotopic (exact) mass is 446 g/mol. The molecular weight excluding hydrogens is 424 g/mol. The summed E-state index contributed by atoms with van der Waals surface area (Å²) in [7, 11) is -1.76. The van der Waals surface area contributed by atoms with Crippen molar-refractivity contribution >= 4 is 21.2 Å². The fraction of sp³-hybridized carbons (Fsp3) is 0.0800. The first kappa shape index (κ1) is 21.4. The second-order valence-corrected chi connectivity index (χ2v) is 9.25. The Morgan fingerprint density at radius 3 is 2.19 bits per heavy atom. The number of hydrogen-bond acceptors (Lipinski definition) is 5. The summed E-state index contributed by atoms with van der Waals surface area (Å²) in [6.07, 6.45) is 2.89. The van der Waals surface area contributed by atoms with Crippen molar-refractivity contribution in [3.8, 4) is 22.6 Å². The van der Waals surface area contributed by atoms with E-state index in [0.29, 0.717) is 16.9 Å². The lowest BCUT2D eigenvalue weighted by molar-refractivity contribution is 0.415. The second-order valence-electron chi connectivity index (χ2n) is 7.27. The third-order valence-electron chi connectivity index (χ3n) is 5.06. The van der Waals surface area contributed by atoms with E-state index >= 15 is 0 Å². The summed E-state index contributed by atoms with van der Waals surface area (Å²) >= 11 is 0. The minimum Gasteiger partial charge on any atom is -0.497 e. The van der Waals surface area contributed by atoms with Crippen LogP contribution in [0.2, 0.25) is 0 Å². The molecule has 162 valence electrons. The van der Waals surface area contributed by atoms with Crippen molar-refractivity contribution in [3.63, 3.8) is 0 Å². The van der Waals surface area contributed by atoms with Gasteiger partial charge in [0.1, 0.15) is 11.4 Å². The lowest BCUT2D eigenvalue weighted by Gasteiger charge is -2.12. The van der Waals surface area contributed by atoms with E-state index in [1.165, 1.54) is 10.8 Å². The number of anilines is 2. The highest BCUT2D eigenvalue weighted by Gasteiger charge is 2.14. The van der Waals surface area contributed by atoms with Crippen LogP contribution in [0.1, 0.15) is 0 Å². The first-order valence-corrected chi connectivity index (χ1v) is 11.8. The molecule has 0 bridgehead atoms. The molecule has 0 fully saturated rings. The molecule has 0 amide bonds. The van der Waals surface area contributed by atoms with Gasteiger partial charge in [-0.3, -0.25) is 9.36 Å². The van der Waals surface area contributed by atoms with Crippen LogP contribution in [0.15, 0.2) is 101 Å². The average Bonchev–Trinajstić information content (AvgIpc) is 2.80. The van der Waals surface area contributed by atoms with Gasteiger partial charge in [0, 0.05) is 29.4 Å². The number of nitrogens with zero attached hydrogens (tertiary/aromatic N) is 1. The van der Waals surface area contributed by atoms with E-state index < -0.39 is 9.84 Å². The van der Waals surface area contributed by atoms with Gasteiger partial charge in [0.25, 0.3) is 5.56 Å². The minimum absolute atomic E-state index is 0.201. The van der Waals surface area contributed by atoms with Crippen molar-refractivity contribution < 1.29 is 13.2 Å². The zero-order valence-electron chi connectivity index (χ0n) is 17.6. The quantitative estimate of drug-likeness (QED) is 0.466. The Morgan fingerprint density at radius 1 is 0.844 bits per heavy atom. The van der Waals surface area contributed by atoms with E-state index in [0.717, 1.165) is 17.0 Å². The summed E-state index contributed by atoms with van der Waals surface area (Å²) in [5.41, 5.74) is 3.07. The number of sulfone groups is 1. The molecule has 0 atom stereocenters. The maximum absolute atomic E-state index is 13.0. The Kier molecular flexibility index (Phi) is 5.83. The molecule has 0 aliphatic carbocycles. The largest absolute Gasteiger partial charge is 0.497 e. The second kappa shape index (κ2) is 8.72. The number of benzene rings is 3. The fourth-order valence-corrected chi connectivity index (χ4v) is 4.36. The van der Waals surface area contributed by atoms with E-state index in [9.17, 15) is 13.2 Å². The molecule has 1 N–H and O–H groups in total. The predicted octanol–water partition coefficient (Wildman–Crippen LogP) is 4.66. The van der Waals surface area contributed by atoms with E-state index in [-0.39, 0.29) is 10.5 Å². The van der Waals surface area contributed by atoms with Gasteiger partial charge >= 0.3 is 0 Å². The summed E-state index contributed by atoms with van der Waals surface area (Å²) in [6, 6.07) is 24.9. The van der Waals surface area contributed by atoms with Gasteiger partial charge < -0.3 is 10.1 Å². The van der Waals surface area contributed by atoms with Crippen molar-refractivity contribution in [2.75, 3.05) is 18.7 Å². The third-order valence-corrected chi connectivity index (χ3v) is 6.21. The summed E-state index contributed by atoms with van der Waals surface area (Å²) in [5.74, 6) is 0.735. The van der Waals surface area contributed by atoms with Crippen molar-refractivity contribution in [1.29, 1.82) is 0 Å². The van der Waals surface area contributed by atoms with Crippen LogP contribution in [0.5, 0.6) is 5.75 Å². The molecule has 3 aromatic carbocycles. The van der Waals surface area contributed by atoms with Crippen molar-refractivity contribution in [1.82, 2.24) is 4.57 Å². The Balaban J connectivity index is 1.66. The SMILES string of the molecule is COc1ccc(Nc2cccn(-c3ccc(-c4ccccc4S(C)(=O)=O)cc3)c2=O)cc1. The summed E-state index contributed by atoms with van der Waals surface area (Å²) in [5, 5.41) is 3.14. The third kappa shape index (κ3) is 4.43. The molecular formula is C25H22N2O4S. The Morgan fingerprint density at radius 2 is 1.53 bits per heavy atom. The standard InChI is InChI=1S/C25H22N2O4S/c1-31-21-15-11-19(12-16-21)26-23-7-5-17-27(25(23)28)20-13-9-18(10-14-20)22-6-3-4-8-24(22)32(2,29)30/h3-17,26H,1-2H3. The van der Waals surface area contributed by atoms with E-state index in [2.05, 4.69) is 5.32 Å². The lowest BCUT2D eigenvalue weighted by atomic mass is 10.1. The number of aromatic nitrogens is 1. The van der Waals surface area contributed by atoms with Crippen LogP contribution in [-0.2, 0) is 9.84 Å². The van der Waals surface area contributed by atoms with Gasteiger partial charge in [-0.05, 0) is 60.2 Å². The first-order chi connectivity index (χ1) is 15.4. The average molecular weight is 447 g/mol. The van der Waals surface area contributed by atoms with E-state index in [1.807, 2.05) is 36.4 Å². The maximum atomic E-state index is 13.0. The van der Waals surface area contributed by atoms with Crippen LogP contribution in [-0.4, -0.2) is 26.4 Å². The summed E-state index contributed by atoms with van der Waals surface area (Å²) < 4.78 is 30.9. The van der Waals surface area contributed by atoms with Gasteiger partial charge in [-0.2, -0.15) is 0 Å². The number of methoxy groups -OCH3 is 1. The van der Waals surface area contributed by atoms with E-state index in [1.54, 1.807) is 61.8 Å². The van der Waals surface area contributed by atoms with Crippen LogP contribution in [0.4, 0.5) is 11.4 Å². The molecule has 0 saturated heterocycles. The molecule has 7 heteroatoms. The molecule has 0 unspecified atom stereocenters. The fourth-order valence-electron chi connectivity index (χ4n) is 3.45. The molecule has 0 aliphatic heterocycles. The van der Waals surface area contributed by atoms with Gasteiger partial charge in [0.2, 0.25) is 0 Å². The molecule has 0 aliphatic rings. The van der Waals surface area contributed by atoms with Crippen LogP contribution >= 0.6 is 0 Å². The number of rotatable bonds is 6. The summed E-state index contributed by atoms with van der Waals surface area (Å²) in [4.78, 5) is 13.3. The highest BCUT2D eigenvalue weighted by atomic mass is 32.2.